The fraction of sp³-hybridized carbons (Fsp3) is 0.964. The van der Waals surface area contributed by atoms with Gasteiger partial charge in [0, 0.05) is 13.0 Å². The van der Waals surface area contributed by atoms with E-state index in [0.29, 0.717) is 17.3 Å². The summed E-state index contributed by atoms with van der Waals surface area (Å²) in [6, 6.07) is 0. The molecule has 4 saturated carbocycles. The minimum Gasteiger partial charge on any atom is -0.393 e. The van der Waals surface area contributed by atoms with Crippen LogP contribution in [-0.2, 0) is 4.79 Å². The van der Waals surface area contributed by atoms with Crippen molar-refractivity contribution in [3.05, 3.63) is 0 Å². The van der Waals surface area contributed by atoms with Gasteiger partial charge in [-0.2, -0.15) is 0 Å². The molecule has 4 nitrogen and oxygen atoms in total. The maximum atomic E-state index is 12.2. The predicted octanol–water partition coefficient (Wildman–Crippen LogP) is 5.15. The van der Waals surface area contributed by atoms with Crippen molar-refractivity contribution < 1.29 is 9.90 Å². The van der Waals surface area contributed by atoms with Crippen LogP contribution in [0.15, 0.2) is 0 Å². The molecule has 0 bridgehead atoms. The van der Waals surface area contributed by atoms with Crippen molar-refractivity contribution in [3.63, 3.8) is 0 Å². The summed E-state index contributed by atoms with van der Waals surface area (Å²) in [5.41, 5.74) is 0.924. The number of amides is 1. The Morgan fingerprint density at radius 3 is 2.62 bits per heavy atom. The van der Waals surface area contributed by atoms with E-state index >= 15 is 0 Å². The van der Waals surface area contributed by atoms with Gasteiger partial charge in [-0.15, -0.1) is 0 Å². The second-order valence-electron chi connectivity index (χ2n) is 12.7. The Hall–Kier alpha value is -0.610. The summed E-state index contributed by atoms with van der Waals surface area (Å²) >= 11 is 0. The Morgan fingerprint density at radius 2 is 1.84 bits per heavy atom. The third-order valence-electron chi connectivity index (χ3n) is 11.0. The molecule has 0 saturated heterocycles. The maximum Gasteiger partial charge on any atom is 0.219 e. The van der Waals surface area contributed by atoms with Crippen LogP contribution in [0.1, 0.15) is 97.8 Å². The second kappa shape index (κ2) is 9.94. The highest BCUT2D eigenvalue weighted by atomic mass is 16.3. The smallest absolute Gasteiger partial charge is 0.219 e. The highest BCUT2D eigenvalue weighted by Gasteiger charge is 2.61. The van der Waals surface area contributed by atoms with Crippen LogP contribution in [0.5, 0.6) is 0 Å². The first-order valence-corrected chi connectivity index (χ1v) is 13.9. The van der Waals surface area contributed by atoms with Gasteiger partial charge in [-0.05, 0) is 131 Å². The SMILES string of the molecule is CNCCCNC(=O)CCCC1CC[C@H]2C3CCC4C[C@H](O)CCC4(C)[C@H]3[C@H](C)CC12C. The van der Waals surface area contributed by atoms with E-state index < -0.39 is 0 Å². The van der Waals surface area contributed by atoms with Crippen molar-refractivity contribution in [2.24, 2.45) is 46.3 Å². The highest BCUT2D eigenvalue weighted by molar-refractivity contribution is 5.75. The summed E-state index contributed by atoms with van der Waals surface area (Å²) in [5.74, 6) is 5.20. The molecule has 0 spiro atoms. The molecule has 4 heteroatoms. The molecule has 4 rings (SSSR count). The normalized spacial score (nSPS) is 45.6. The molecule has 0 aromatic heterocycles. The van der Waals surface area contributed by atoms with Gasteiger partial charge in [0.15, 0.2) is 0 Å². The van der Waals surface area contributed by atoms with Gasteiger partial charge in [0.1, 0.15) is 0 Å². The summed E-state index contributed by atoms with van der Waals surface area (Å²) in [6.07, 6.45) is 14.1. The van der Waals surface area contributed by atoms with Crippen molar-refractivity contribution in [2.45, 2.75) is 104 Å². The van der Waals surface area contributed by atoms with E-state index in [2.05, 4.69) is 31.4 Å². The van der Waals surface area contributed by atoms with E-state index in [9.17, 15) is 9.90 Å². The van der Waals surface area contributed by atoms with Crippen LogP contribution in [0.3, 0.4) is 0 Å². The number of fused-ring (bicyclic) bond motifs is 5. The zero-order valence-corrected chi connectivity index (χ0v) is 21.3. The summed E-state index contributed by atoms with van der Waals surface area (Å²) in [7, 11) is 1.96. The Bertz CT molecular complexity index is 653. The highest BCUT2D eigenvalue weighted by Crippen LogP contribution is 2.69. The Balaban J connectivity index is 1.35. The lowest BCUT2D eigenvalue weighted by Crippen LogP contribution is -2.56. The molecule has 32 heavy (non-hydrogen) atoms. The van der Waals surface area contributed by atoms with Crippen LogP contribution in [0.25, 0.3) is 0 Å². The maximum absolute atomic E-state index is 12.2. The minimum atomic E-state index is -0.0508. The molecule has 184 valence electrons. The fourth-order valence-corrected chi connectivity index (χ4v) is 9.62. The summed E-state index contributed by atoms with van der Waals surface area (Å²) in [6.45, 7) is 9.54. The molecule has 0 aliphatic heterocycles. The fourth-order valence-electron chi connectivity index (χ4n) is 9.62. The largest absolute Gasteiger partial charge is 0.393 e. The molecule has 4 aliphatic carbocycles. The van der Waals surface area contributed by atoms with Crippen molar-refractivity contribution >= 4 is 5.91 Å². The molecule has 0 radical (unpaired) electrons. The average molecular weight is 447 g/mol. The lowest BCUT2D eigenvalue weighted by atomic mass is 9.42. The van der Waals surface area contributed by atoms with Gasteiger partial charge >= 0.3 is 0 Å². The number of hydrogen-bond acceptors (Lipinski definition) is 3. The van der Waals surface area contributed by atoms with Crippen molar-refractivity contribution in [1.82, 2.24) is 10.6 Å². The summed E-state index contributed by atoms with van der Waals surface area (Å²) in [5, 5.41) is 16.5. The van der Waals surface area contributed by atoms with Crippen molar-refractivity contribution in [2.75, 3.05) is 20.1 Å². The van der Waals surface area contributed by atoms with Crippen LogP contribution in [0.2, 0.25) is 0 Å². The van der Waals surface area contributed by atoms with Crippen LogP contribution in [0, 0.1) is 46.3 Å². The number of carbonyl (C=O) groups excluding carboxylic acids is 1. The van der Waals surface area contributed by atoms with Gasteiger partial charge in [0.2, 0.25) is 5.91 Å². The van der Waals surface area contributed by atoms with Crippen LogP contribution in [-0.4, -0.2) is 37.3 Å². The molecule has 0 aromatic carbocycles. The first-order chi connectivity index (χ1) is 15.3. The number of aliphatic hydroxyl groups excluding tert-OH is 1. The number of carbonyl (C=O) groups is 1. The topological polar surface area (TPSA) is 61.4 Å². The van der Waals surface area contributed by atoms with Gasteiger partial charge in [0.25, 0.3) is 0 Å². The molecule has 9 atom stereocenters. The molecule has 0 aromatic rings. The number of nitrogens with one attached hydrogen (secondary N) is 2. The molecular formula is C28H50N2O2. The number of aliphatic hydroxyl groups is 1. The third kappa shape index (κ3) is 4.52. The van der Waals surface area contributed by atoms with Crippen molar-refractivity contribution in [1.29, 1.82) is 0 Å². The third-order valence-corrected chi connectivity index (χ3v) is 11.0. The van der Waals surface area contributed by atoms with Gasteiger partial charge in [-0.1, -0.05) is 20.8 Å². The van der Waals surface area contributed by atoms with Crippen LogP contribution < -0.4 is 10.6 Å². The lowest BCUT2D eigenvalue weighted by Gasteiger charge is -2.63. The molecular weight excluding hydrogens is 396 g/mol. The number of rotatable bonds is 8. The summed E-state index contributed by atoms with van der Waals surface area (Å²) < 4.78 is 0. The zero-order valence-electron chi connectivity index (χ0n) is 21.3. The lowest BCUT2D eigenvalue weighted by molar-refractivity contribution is -0.150. The van der Waals surface area contributed by atoms with Crippen molar-refractivity contribution in [3.8, 4) is 0 Å². The Morgan fingerprint density at radius 1 is 1.03 bits per heavy atom. The summed E-state index contributed by atoms with van der Waals surface area (Å²) in [4.78, 5) is 12.2. The standard InChI is InChI=1S/C28H50N2O2/c1-19-18-28(3)20(7-5-8-25(32)30-16-6-15-29-4)10-12-24(28)23-11-9-21-17-22(31)13-14-27(21,2)26(19)23/h19-24,26,29,31H,5-18H2,1-4H3,(H,30,32)/t19-,20?,21?,22-,23?,24+,26+,27?,28?/m1/s1. The molecule has 3 N–H and O–H groups in total. The van der Waals surface area contributed by atoms with E-state index in [1.165, 1.54) is 44.9 Å². The predicted molar refractivity (Wildman–Crippen MR) is 131 cm³/mol. The van der Waals surface area contributed by atoms with E-state index in [-0.39, 0.29) is 12.0 Å². The first-order valence-electron chi connectivity index (χ1n) is 13.9. The molecule has 4 fully saturated rings. The number of hydrogen-bond donors (Lipinski definition) is 3. The monoisotopic (exact) mass is 446 g/mol. The average Bonchev–Trinajstić information content (AvgIpc) is 3.07. The van der Waals surface area contributed by atoms with Crippen LogP contribution >= 0.6 is 0 Å². The first kappa shape index (κ1) is 24.5. The van der Waals surface area contributed by atoms with Gasteiger partial charge < -0.3 is 15.7 Å². The minimum absolute atomic E-state index is 0.0508. The zero-order chi connectivity index (χ0) is 22.9. The van der Waals surface area contributed by atoms with E-state index in [1.807, 2.05) is 7.05 Å². The molecule has 1 amide bonds. The van der Waals surface area contributed by atoms with E-state index in [1.54, 1.807) is 0 Å². The van der Waals surface area contributed by atoms with Gasteiger partial charge in [-0.3, -0.25) is 4.79 Å². The van der Waals surface area contributed by atoms with Gasteiger partial charge in [0.05, 0.1) is 6.10 Å². The van der Waals surface area contributed by atoms with Gasteiger partial charge in [-0.25, -0.2) is 0 Å². The molecule has 0 heterocycles. The molecule has 5 unspecified atom stereocenters. The quantitative estimate of drug-likeness (QED) is 0.452. The molecule has 4 aliphatic rings. The Labute approximate surface area is 197 Å². The Kier molecular flexibility index (Phi) is 7.61. The van der Waals surface area contributed by atoms with E-state index in [4.69, 9.17) is 0 Å². The van der Waals surface area contributed by atoms with Crippen LogP contribution in [0.4, 0.5) is 0 Å². The second-order valence-corrected chi connectivity index (χ2v) is 12.7. The van der Waals surface area contributed by atoms with E-state index in [0.717, 1.165) is 74.3 Å².